The summed E-state index contributed by atoms with van der Waals surface area (Å²) in [4.78, 5) is 24.4. The lowest BCUT2D eigenvalue weighted by Crippen LogP contribution is -2.45. The molecule has 0 radical (unpaired) electrons. The van der Waals surface area contributed by atoms with Crippen molar-refractivity contribution in [3.05, 3.63) is 54.1 Å². The highest BCUT2D eigenvalue weighted by Crippen LogP contribution is 2.45. The van der Waals surface area contributed by atoms with Crippen LogP contribution in [0, 0.1) is 5.92 Å². The number of aliphatic hydroxyl groups is 1. The Bertz CT molecular complexity index is 866. The number of hydrogen-bond donors (Lipinski definition) is 3. The molecule has 2 aromatic rings. The van der Waals surface area contributed by atoms with Gasteiger partial charge >= 0.3 is 11.8 Å². The van der Waals surface area contributed by atoms with Crippen molar-refractivity contribution in [1.29, 1.82) is 0 Å². The molecule has 1 aliphatic heterocycles. The van der Waals surface area contributed by atoms with Crippen molar-refractivity contribution in [2.45, 2.75) is 18.4 Å². The molecule has 7 nitrogen and oxygen atoms in total. The lowest BCUT2D eigenvalue weighted by atomic mass is 9.88. The monoisotopic (exact) mass is 368 g/mol. The van der Waals surface area contributed by atoms with E-state index in [1.165, 1.54) is 0 Å². The molecule has 1 atom stereocenters. The van der Waals surface area contributed by atoms with Crippen molar-refractivity contribution in [3.8, 4) is 11.5 Å². The van der Waals surface area contributed by atoms with E-state index in [-0.39, 0.29) is 19.3 Å². The first-order valence-corrected chi connectivity index (χ1v) is 8.83. The van der Waals surface area contributed by atoms with Gasteiger partial charge in [-0.3, -0.25) is 9.59 Å². The van der Waals surface area contributed by atoms with Crippen LogP contribution in [0.25, 0.3) is 0 Å². The molecule has 1 aliphatic carbocycles. The zero-order valence-corrected chi connectivity index (χ0v) is 14.6. The number of nitrogens with one attached hydrogen (secondary N) is 2. The molecule has 7 heteroatoms. The van der Waals surface area contributed by atoms with Crippen molar-refractivity contribution in [2.75, 3.05) is 18.7 Å². The molecule has 1 heterocycles. The summed E-state index contributed by atoms with van der Waals surface area (Å²) in [5.41, 5.74) is -0.000414. The Hall–Kier alpha value is -3.06. The van der Waals surface area contributed by atoms with E-state index in [0.717, 1.165) is 18.4 Å². The highest BCUT2D eigenvalue weighted by atomic mass is 16.7. The van der Waals surface area contributed by atoms with Crippen LogP contribution in [0.1, 0.15) is 18.4 Å². The molecule has 2 amide bonds. The third kappa shape index (κ3) is 3.59. The predicted octanol–water partition coefficient (Wildman–Crippen LogP) is 1.77. The Balaban J connectivity index is 1.39. The summed E-state index contributed by atoms with van der Waals surface area (Å²) in [5.74, 6) is -0.421. The van der Waals surface area contributed by atoms with Crippen LogP contribution in [-0.2, 0) is 15.2 Å². The van der Waals surface area contributed by atoms with E-state index in [0.29, 0.717) is 17.2 Å². The largest absolute Gasteiger partial charge is 0.454 e. The summed E-state index contributed by atoms with van der Waals surface area (Å²) in [6.07, 6.45) is 1.79. The second-order valence-corrected chi connectivity index (χ2v) is 6.77. The van der Waals surface area contributed by atoms with Crippen LogP contribution in [-0.4, -0.2) is 30.3 Å². The van der Waals surface area contributed by atoms with Crippen LogP contribution < -0.4 is 20.1 Å². The number of amides is 2. The molecule has 3 N–H and O–H groups in total. The zero-order chi connectivity index (χ0) is 18.9. The molecule has 1 saturated carbocycles. The SMILES string of the molecule is O=C(NCC(O)(c1ccccc1)C1CC1)C(=O)Nc1ccc2c(c1)OCO2. The summed E-state index contributed by atoms with van der Waals surface area (Å²) in [5, 5.41) is 16.2. The maximum absolute atomic E-state index is 12.2. The van der Waals surface area contributed by atoms with Crippen molar-refractivity contribution in [1.82, 2.24) is 5.32 Å². The summed E-state index contributed by atoms with van der Waals surface area (Å²) in [6.45, 7) is 0.113. The molecule has 0 spiro atoms. The fraction of sp³-hybridized carbons (Fsp3) is 0.300. The van der Waals surface area contributed by atoms with Gasteiger partial charge < -0.3 is 25.2 Å². The molecular weight excluding hydrogens is 348 g/mol. The molecule has 2 aromatic carbocycles. The second kappa shape index (κ2) is 6.92. The number of ether oxygens (including phenoxy) is 2. The highest BCUT2D eigenvalue weighted by Gasteiger charge is 2.45. The van der Waals surface area contributed by atoms with Gasteiger partial charge in [-0.1, -0.05) is 30.3 Å². The van der Waals surface area contributed by atoms with Crippen LogP contribution in [0.15, 0.2) is 48.5 Å². The lowest BCUT2D eigenvalue weighted by Gasteiger charge is -2.29. The summed E-state index contributed by atoms with van der Waals surface area (Å²) in [7, 11) is 0. The highest BCUT2D eigenvalue weighted by molar-refractivity contribution is 6.39. The molecule has 140 valence electrons. The van der Waals surface area contributed by atoms with Gasteiger partial charge in [0.2, 0.25) is 6.79 Å². The number of rotatable bonds is 5. The first kappa shape index (κ1) is 17.4. The van der Waals surface area contributed by atoms with Gasteiger partial charge in [0.1, 0.15) is 5.60 Å². The minimum Gasteiger partial charge on any atom is -0.454 e. The third-order valence-corrected chi connectivity index (χ3v) is 4.88. The van der Waals surface area contributed by atoms with Gasteiger partial charge in [-0.15, -0.1) is 0 Å². The molecule has 27 heavy (non-hydrogen) atoms. The Labute approximate surface area is 156 Å². The maximum atomic E-state index is 12.2. The average Bonchev–Trinajstić information content (AvgIpc) is 3.45. The molecule has 1 unspecified atom stereocenters. The van der Waals surface area contributed by atoms with Gasteiger partial charge in [0, 0.05) is 11.8 Å². The Morgan fingerprint density at radius 3 is 2.52 bits per heavy atom. The minimum atomic E-state index is -1.17. The molecule has 4 rings (SSSR count). The van der Waals surface area contributed by atoms with Crippen LogP contribution in [0.2, 0.25) is 0 Å². The fourth-order valence-corrected chi connectivity index (χ4v) is 3.23. The first-order chi connectivity index (χ1) is 13.1. The molecule has 2 aliphatic rings. The summed E-state index contributed by atoms with van der Waals surface area (Å²) in [6, 6.07) is 14.1. The van der Waals surface area contributed by atoms with Crippen LogP contribution in [0.3, 0.4) is 0 Å². The van der Waals surface area contributed by atoms with Crippen LogP contribution in [0.5, 0.6) is 11.5 Å². The van der Waals surface area contributed by atoms with Gasteiger partial charge in [-0.2, -0.15) is 0 Å². The van der Waals surface area contributed by atoms with Gasteiger partial charge in [0.15, 0.2) is 11.5 Å². The van der Waals surface area contributed by atoms with E-state index in [1.807, 2.05) is 30.3 Å². The van der Waals surface area contributed by atoms with Crippen LogP contribution in [0.4, 0.5) is 5.69 Å². The Kier molecular flexibility index (Phi) is 4.45. The van der Waals surface area contributed by atoms with E-state index in [1.54, 1.807) is 18.2 Å². The van der Waals surface area contributed by atoms with E-state index in [9.17, 15) is 14.7 Å². The van der Waals surface area contributed by atoms with Crippen molar-refractivity contribution >= 4 is 17.5 Å². The quantitative estimate of drug-likeness (QED) is 0.699. The summed E-state index contributed by atoms with van der Waals surface area (Å²) < 4.78 is 10.5. The Morgan fingerprint density at radius 1 is 1.04 bits per heavy atom. The third-order valence-electron chi connectivity index (χ3n) is 4.88. The van der Waals surface area contributed by atoms with E-state index >= 15 is 0 Å². The van der Waals surface area contributed by atoms with Gasteiger partial charge in [0.25, 0.3) is 0 Å². The van der Waals surface area contributed by atoms with E-state index < -0.39 is 17.4 Å². The number of carbonyl (C=O) groups excluding carboxylic acids is 2. The molecule has 0 aromatic heterocycles. The van der Waals surface area contributed by atoms with Crippen molar-refractivity contribution < 1.29 is 24.2 Å². The lowest BCUT2D eigenvalue weighted by molar-refractivity contribution is -0.137. The number of fused-ring (bicyclic) bond motifs is 1. The minimum absolute atomic E-state index is 0.0188. The van der Waals surface area contributed by atoms with Crippen molar-refractivity contribution in [3.63, 3.8) is 0 Å². The maximum Gasteiger partial charge on any atom is 0.313 e. The van der Waals surface area contributed by atoms with E-state index in [2.05, 4.69) is 10.6 Å². The molecule has 1 fully saturated rings. The number of benzene rings is 2. The fourth-order valence-electron chi connectivity index (χ4n) is 3.23. The second-order valence-electron chi connectivity index (χ2n) is 6.77. The van der Waals surface area contributed by atoms with E-state index in [4.69, 9.17) is 9.47 Å². The standard InChI is InChI=1S/C20H20N2O5/c23-18(19(24)22-15-8-9-16-17(10-15)27-12-26-16)21-11-20(25,14-6-7-14)13-4-2-1-3-5-13/h1-5,8-10,14,25H,6-7,11-12H2,(H,21,23)(H,22,24). The predicted molar refractivity (Wildman–Crippen MR) is 97.3 cm³/mol. The first-order valence-electron chi connectivity index (χ1n) is 8.83. The van der Waals surface area contributed by atoms with Crippen molar-refractivity contribution in [2.24, 2.45) is 5.92 Å². The average molecular weight is 368 g/mol. The van der Waals surface area contributed by atoms with Gasteiger partial charge in [-0.05, 0) is 36.5 Å². The topological polar surface area (TPSA) is 96.9 Å². The number of anilines is 1. The molecular formula is C20H20N2O5. The summed E-state index contributed by atoms with van der Waals surface area (Å²) >= 11 is 0. The normalized spacial score (nSPS) is 17.1. The number of hydrogen-bond acceptors (Lipinski definition) is 5. The van der Waals surface area contributed by atoms with Crippen LogP contribution >= 0.6 is 0 Å². The molecule has 0 saturated heterocycles. The molecule has 0 bridgehead atoms. The van der Waals surface area contributed by atoms with Gasteiger partial charge in [-0.25, -0.2) is 0 Å². The smallest absolute Gasteiger partial charge is 0.313 e. The zero-order valence-electron chi connectivity index (χ0n) is 14.6. The van der Waals surface area contributed by atoms with Gasteiger partial charge in [0.05, 0.1) is 6.54 Å². The Morgan fingerprint density at radius 2 is 1.78 bits per heavy atom. The number of carbonyl (C=O) groups is 2.